The van der Waals surface area contributed by atoms with Gasteiger partial charge in [-0.3, -0.25) is 9.59 Å². The van der Waals surface area contributed by atoms with Crippen LogP contribution in [0.5, 0.6) is 5.75 Å². The van der Waals surface area contributed by atoms with E-state index < -0.39 is 11.9 Å². The first-order valence-corrected chi connectivity index (χ1v) is 8.50. The molecule has 1 heterocycles. The van der Waals surface area contributed by atoms with E-state index in [4.69, 9.17) is 15.3 Å². The molecule has 0 aliphatic carbocycles. The number of hydrogen-bond donors (Lipinski definition) is 1. The van der Waals surface area contributed by atoms with Crippen LogP contribution in [-0.4, -0.2) is 49.2 Å². The van der Waals surface area contributed by atoms with Gasteiger partial charge in [0.2, 0.25) is 5.91 Å². The Morgan fingerprint density at radius 2 is 1.81 bits per heavy atom. The fourth-order valence-corrected chi connectivity index (χ4v) is 3.27. The molecule has 27 heavy (non-hydrogen) atoms. The molecule has 140 valence electrons. The predicted molar refractivity (Wildman–Crippen MR) is 102 cm³/mol. The Hall–Kier alpha value is -3.35. The Bertz CT molecular complexity index is 877. The molecule has 0 bridgehead atoms. The van der Waals surface area contributed by atoms with E-state index in [0.29, 0.717) is 24.2 Å². The number of amides is 2. The summed E-state index contributed by atoms with van der Waals surface area (Å²) < 4.78 is 5.38. The van der Waals surface area contributed by atoms with Crippen molar-refractivity contribution in [2.75, 3.05) is 20.8 Å². The third kappa shape index (κ3) is 3.62. The minimum absolute atomic E-state index is 0.272. The van der Waals surface area contributed by atoms with Crippen molar-refractivity contribution in [1.29, 1.82) is 0 Å². The molecule has 1 saturated heterocycles. The van der Waals surface area contributed by atoms with E-state index in [9.17, 15) is 9.59 Å². The normalized spacial score (nSPS) is 17.8. The topological polar surface area (TPSA) is 94.2 Å². The molecule has 2 amide bonds. The number of benzene rings is 2. The van der Waals surface area contributed by atoms with Gasteiger partial charge in [0.25, 0.3) is 5.91 Å². The SMILES string of the molecule is CON=C1CCN(C(=O)c2ccc(-c3ccccc3OC)cc2)C1C(N)=O. The molecule has 1 unspecified atom stereocenters. The molecule has 2 aromatic carbocycles. The van der Waals surface area contributed by atoms with Gasteiger partial charge in [0.15, 0.2) is 6.04 Å². The fourth-order valence-electron chi connectivity index (χ4n) is 3.27. The lowest BCUT2D eigenvalue weighted by Crippen LogP contribution is -2.46. The van der Waals surface area contributed by atoms with Crippen LogP contribution in [0.1, 0.15) is 16.8 Å². The first kappa shape index (κ1) is 18.4. The second-order valence-electron chi connectivity index (χ2n) is 6.10. The van der Waals surface area contributed by atoms with Gasteiger partial charge < -0.3 is 20.2 Å². The second kappa shape index (κ2) is 7.90. The molecular formula is C20H21N3O4. The number of carbonyl (C=O) groups is 2. The highest BCUT2D eigenvalue weighted by molar-refractivity contribution is 6.13. The van der Waals surface area contributed by atoms with E-state index in [1.807, 2.05) is 36.4 Å². The maximum absolute atomic E-state index is 12.9. The van der Waals surface area contributed by atoms with E-state index in [-0.39, 0.29) is 5.91 Å². The summed E-state index contributed by atoms with van der Waals surface area (Å²) in [5, 5.41) is 3.83. The summed E-state index contributed by atoms with van der Waals surface area (Å²) in [5.41, 5.74) is 8.27. The number of oxime groups is 1. The van der Waals surface area contributed by atoms with Crippen molar-refractivity contribution in [3.05, 3.63) is 54.1 Å². The summed E-state index contributed by atoms with van der Waals surface area (Å²) in [6.45, 7) is 0.364. The first-order valence-electron chi connectivity index (χ1n) is 8.50. The minimum Gasteiger partial charge on any atom is -0.496 e. The zero-order valence-electron chi connectivity index (χ0n) is 15.2. The molecule has 1 atom stereocenters. The first-order chi connectivity index (χ1) is 13.1. The minimum atomic E-state index is -0.883. The summed E-state index contributed by atoms with van der Waals surface area (Å²) in [7, 11) is 3.01. The highest BCUT2D eigenvalue weighted by Gasteiger charge is 2.39. The maximum atomic E-state index is 12.9. The number of primary amides is 1. The molecule has 7 nitrogen and oxygen atoms in total. The van der Waals surface area contributed by atoms with Gasteiger partial charge in [-0.1, -0.05) is 35.5 Å². The van der Waals surface area contributed by atoms with E-state index in [2.05, 4.69) is 5.16 Å². The number of ether oxygens (including phenoxy) is 1. The fraction of sp³-hybridized carbons (Fsp3) is 0.250. The number of para-hydroxylation sites is 1. The van der Waals surface area contributed by atoms with Gasteiger partial charge in [0, 0.05) is 24.1 Å². The lowest BCUT2D eigenvalue weighted by molar-refractivity contribution is -0.120. The average molecular weight is 367 g/mol. The number of rotatable bonds is 5. The third-order valence-electron chi connectivity index (χ3n) is 4.52. The van der Waals surface area contributed by atoms with Gasteiger partial charge in [-0.25, -0.2) is 0 Å². The monoisotopic (exact) mass is 367 g/mol. The van der Waals surface area contributed by atoms with Crippen LogP contribution in [0.4, 0.5) is 0 Å². The van der Waals surface area contributed by atoms with Crippen LogP contribution >= 0.6 is 0 Å². The van der Waals surface area contributed by atoms with Crippen molar-refractivity contribution < 1.29 is 19.2 Å². The van der Waals surface area contributed by atoms with Gasteiger partial charge >= 0.3 is 0 Å². The highest BCUT2D eigenvalue weighted by Crippen LogP contribution is 2.30. The van der Waals surface area contributed by atoms with E-state index >= 15 is 0 Å². The molecule has 1 fully saturated rings. The Morgan fingerprint density at radius 1 is 1.11 bits per heavy atom. The highest BCUT2D eigenvalue weighted by atomic mass is 16.6. The molecule has 7 heteroatoms. The number of methoxy groups -OCH3 is 1. The molecule has 2 N–H and O–H groups in total. The van der Waals surface area contributed by atoms with Crippen LogP contribution in [0.3, 0.4) is 0 Å². The molecule has 3 rings (SSSR count). The van der Waals surface area contributed by atoms with Crippen molar-refractivity contribution >= 4 is 17.5 Å². The summed E-state index contributed by atoms with van der Waals surface area (Å²) in [6.07, 6.45) is 0.451. The number of carbonyl (C=O) groups excluding carboxylic acids is 2. The lowest BCUT2D eigenvalue weighted by Gasteiger charge is -2.22. The van der Waals surface area contributed by atoms with Crippen LogP contribution < -0.4 is 10.5 Å². The molecule has 2 aromatic rings. The summed E-state index contributed by atoms with van der Waals surface area (Å²) in [4.78, 5) is 30.9. The number of nitrogens with zero attached hydrogens (tertiary/aromatic N) is 2. The molecule has 0 aromatic heterocycles. The van der Waals surface area contributed by atoms with Crippen molar-refractivity contribution in [3.63, 3.8) is 0 Å². The number of likely N-dealkylation sites (tertiary alicyclic amines) is 1. The largest absolute Gasteiger partial charge is 0.496 e. The maximum Gasteiger partial charge on any atom is 0.254 e. The van der Waals surface area contributed by atoms with Gasteiger partial charge in [-0.05, 0) is 23.8 Å². The summed E-state index contributed by atoms with van der Waals surface area (Å²) in [6, 6.07) is 13.9. The summed E-state index contributed by atoms with van der Waals surface area (Å²) >= 11 is 0. The molecule has 0 radical (unpaired) electrons. The van der Waals surface area contributed by atoms with E-state index in [1.54, 1.807) is 19.2 Å². The van der Waals surface area contributed by atoms with Crippen LogP contribution in [-0.2, 0) is 9.63 Å². The van der Waals surface area contributed by atoms with Crippen molar-refractivity contribution in [1.82, 2.24) is 4.90 Å². The van der Waals surface area contributed by atoms with Crippen molar-refractivity contribution in [2.24, 2.45) is 10.9 Å². The molecular weight excluding hydrogens is 346 g/mol. The van der Waals surface area contributed by atoms with Crippen molar-refractivity contribution in [2.45, 2.75) is 12.5 Å². The molecule has 0 saturated carbocycles. The van der Waals surface area contributed by atoms with Gasteiger partial charge in [0.1, 0.15) is 12.9 Å². The van der Waals surface area contributed by atoms with Gasteiger partial charge in [0.05, 0.1) is 12.8 Å². The smallest absolute Gasteiger partial charge is 0.254 e. The zero-order chi connectivity index (χ0) is 19.4. The number of nitrogens with two attached hydrogens (primary N) is 1. The molecule has 0 spiro atoms. The predicted octanol–water partition coefficient (Wildman–Crippen LogP) is 2.06. The standard InChI is InChI=1S/C20H21N3O4/c1-26-17-6-4-3-5-15(17)13-7-9-14(10-8-13)20(25)23-12-11-16(22-27-2)18(23)19(21)24/h3-10,18H,11-12H2,1-2H3,(H2,21,24). The van der Waals surface area contributed by atoms with Crippen LogP contribution in [0.25, 0.3) is 11.1 Å². The van der Waals surface area contributed by atoms with E-state index in [0.717, 1.165) is 16.9 Å². The third-order valence-corrected chi connectivity index (χ3v) is 4.52. The Morgan fingerprint density at radius 3 is 2.44 bits per heavy atom. The van der Waals surface area contributed by atoms with Crippen LogP contribution in [0, 0.1) is 0 Å². The van der Waals surface area contributed by atoms with Gasteiger partial charge in [-0.2, -0.15) is 0 Å². The Balaban J connectivity index is 1.86. The van der Waals surface area contributed by atoms with Gasteiger partial charge in [-0.15, -0.1) is 0 Å². The summed E-state index contributed by atoms with van der Waals surface area (Å²) in [5.74, 6) is -0.140. The van der Waals surface area contributed by atoms with Crippen LogP contribution in [0.15, 0.2) is 53.7 Å². The lowest BCUT2D eigenvalue weighted by atomic mass is 10.0. The molecule has 1 aliphatic rings. The van der Waals surface area contributed by atoms with E-state index in [1.165, 1.54) is 12.0 Å². The average Bonchev–Trinajstić information content (AvgIpc) is 3.12. The second-order valence-corrected chi connectivity index (χ2v) is 6.10. The molecule has 1 aliphatic heterocycles. The van der Waals surface area contributed by atoms with Crippen LogP contribution in [0.2, 0.25) is 0 Å². The quantitative estimate of drug-likeness (QED) is 0.819. The van der Waals surface area contributed by atoms with Crippen molar-refractivity contribution in [3.8, 4) is 16.9 Å². The Labute approximate surface area is 157 Å². The Kier molecular flexibility index (Phi) is 5.40. The zero-order valence-corrected chi connectivity index (χ0v) is 15.2. The number of hydrogen-bond acceptors (Lipinski definition) is 5.